The minimum atomic E-state index is -4.35. The number of alkyl halides is 3. The number of aromatic nitrogens is 2. The van der Waals surface area contributed by atoms with Crippen LogP contribution < -0.4 is 5.32 Å². The maximum atomic E-state index is 13.0. The van der Waals surface area contributed by atoms with Crippen LogP contribution in [0, 0.1) is 5.92 Å². The van der Waals surface area contributed by atoms with Gasteiger partial charge in [0, 0.05) is 18.7 Å². The first-order valence-electron chi connectivity index (χ1n) is 6.18. The van der Waals surface area contributed by atoms with E-state index < -0.39 is 11.9 Å². The number of nitrogens with one attached hydrogen (secondary N) is 1. The monoisotopic (exact) mass is 263 g/mol. The van der Waals surface area contributed by atoms with Crippen molar-refractivity contribution in [2.45, 2.75) is 46.5 Å². The van der Waals surface area contributed by atoms with E-state index in [0.717, 1.165) is 4.68 Å². The van der Waals surface area contributed by atoms with Gasteiger partial charge >= 0.3 is 6.18 Å². The highest BCUT2D eigenvalue weighted by atomic mass is 19.4. The molecule has 0 saturated carbocycles. The van der Waals surface area contributed by atoms with Gasteiger partial charge in [0.1, 0.15) is 5.69 Å². The summed E-state index contributed by atoms with van der Waals surface area (Å²) in [6.45, 7) is 7.04. The maximum Gasteiger partial charge on any atom is 0.433 e. The molecule has 18 heavy (non-hydrogen) atoms. The summed E-state index contributed by atoms with van der Waals surface area (Å²) >= 11 is 0. The molecule has 1 aromatic heterocycles. The van der Waals surface area contributed by atoms with E-state index >= 15 is 0 Å². The molecule has 0 unspecified atom stereocenters. The molecule has 0 atom stereocenters. The fraction of sp³-hybridized carbons (Fsp3) is 0.750. The van der Waals surface area contributed by atoms with Crippen molar-refractivity contribution < 1.29 is 13.2 Å². The van der Waals surface area contributed by atoms with Gasteiger partial charge in [-0.2, -0.15) is 18.3 Å². The van der Waals surface area contributed by atoms with Crippen molar-refractivity contribution in [3.63, 3.8) is 0 Å². The molecule has 0 aromatic carbocycles. The molecule has 6 heteroatoms. The molecule has 1 heterocycles. The van der Waals surface area contributed by atoms with Gasteiger partial charge in [0.15, 0.2) is 0 Å². The summed E-state index contributed by atoms with van der Waals surface area (Å²) in [6.07, 6.45) is -2.41. The van der Waals surface area contributed by atoms with Crippen LogP contribution in [0.2, 0.25) is 0 Å². The molecule has 0 fully saturated rings. The van der Waals surface area contributed by atoms with Crippen molar-refractivity contribution in [2.24, 2.45) is 5.92 Å². The normalized spacial score (nSPS) is 12.4. The second-order valence-electron chi connectivity index (χ2n) is 4.76. The smallest absolute Gasteiger partial charge is 0.312 e. The summed E-state index contributed by atoms with van der Waals surface area (Å²) in [6, 6.07) is 0. The van der Waals surface area contributed by atoms with Crippen molar-refractivity contribution in [3.8, 4) is 0 Å². The van der Waals surface area contributed by atoms with Gasteiger partial charge in [-0.3, -0.25) is 4.68 Å². The fourth-order valence-electron chi connectivity index (χ4n) is 1.76. The standard InChI is InChI=1S/C12H20F3N3/c1-4-5-18-11(12(13,14)15)10(8-17-18)7-16-6-9(2)3/h8-9,16H,4-7H2,1-3H3. The number of aryl methyl sites for hydroxylation is 1. The zero-order valence-electron chi connectivity index (χ0n) is 11.0. The van der Waals surface area contributed by atoms with E-state index in [4.69, 9.17) is 0 Å². The Morgan fingerprint density at radius 2 is 2.06 bits per heavy atom. The van der Waals surface area contributed by atoms with Crippen LogP contribution in [0.15, 0.2) is 6.20 Å². The Morgan fingerprint density at radius 1 is 1.39 bits per heavy atom. The van der Waals surface area contributed by atoms with Gasteiger partial charge in [-0.25, -0.2) is 0 Å². The van der Waals surface area contributed by atoms with Crippen molar-refractivity contribution in [1.82, 2.24) is 15.1 Å². The van der Waals surface area contributed by atoms with Crippen molar-refractivity contribution in [1.29, 1.82) is 0 Å². The van der Waals surface area contributed by atoms with Gasteiger partial charge in [0.2, 0.25) is 0 Å². The maximum absolute atomic E-state index is 13.0. The highest BCUT2D eigenvalue weighted by Gasteiger charge is 2.37. The topological polar surface area (TPSA) is 29.9 Å². The molecule has 0 aliphatic carbocycles. The molecular weight excluding hydrogens is 243 g/mol. The van der Waals surface area contributed by atoms with E-state index in [-0.39, 0.29) is 12.1 Å². The van der Waals surface area contributed by atoms with E-state index in [2.05, 4.69) is 10.4 Å². The van der Waals surface area contributed by atoms with Crippen LogP contribution in [-0.2, 0) is 19.3 Å². The quantitative estimate of drug-likeness (QED) is 0.855. The first-order chi connectivity index (χ1) is 8.36. The molecule has 0 aliphatic heterocycles. The highest BCUT2D eigenvalue weighted by molar-refractivity contribution is 5.20. The Bertz CT molecular complexity index is 369. The van der Waals surface area contributed by atoms with Gasteiger partial charge < -0.3 is 5.32 Å². The van der Waals surface area contributed by atoms with Crippen LogP contribution in [0.4, 0.5) is 13.2 Å². The van der Waals surface area contributed by atoms with Gasteiger partial charge in [-0.15, -0.1) is 0 Å². The fourth-order valence-corrected chi connectivity index (χ4v) is 1.76. The summed E-state index contributed by atoms with van der Waals surface area (Å²) in [4.78, 5) is 0. The first kappa shape index (κ1) is 15.0. The van der Waals surface area contributed by atoms with Crippen LogP contribution in [0.3, 0.4) is 0 Å². The lowest BCUT2D eigenvalue weighted by Crippen LogP contribution is -2.22. The molecule has 1 rings (SSSR count). The molecule has 0 bridgehead atoms. The van der Waals surface area contributed by atoms with E-state index in [0.29, 0.717) is 25.4 Å². The van der Waals surface area contributed by atoms with E-state index in [9.17, 15) is 13.2 Å². The Hall–Kier alpha value is -1.04. The van der Waals surface area contributed by atoms with Crippen LogP contribution in [-0.4, -0.2) is 16.3 Å². The molecular formula is C12H20F3N3. The molecule has 0 saturated heterocycles. The zero-order valence-corrected chi connectivity index (χ0v) is 11.0. The average molecular weight is 263 g/mol. The third-order valence-corrected chi connectivity index (χ3v) is 2.49. The zero-order chi connectivity index (χ0) is 13.8. The molecule has 0 spiro atoms. The molecule has 0 aliphatic rings. The predicted molar refractivity (Wildman–Crippen MR) is 64.1 cm³/mol. The van der Waals surface area contributed by atoms with Crippen LogP contribution in [0.25, 0.3) is 0 Å². The van der Waals surface area contributed by atoms with E-state index in [1.54, 1.807) is 0 Å². The highest BCUT2D eigenvalue weighted by Crippen LogP contribution is 2.32. The number of nitrogens with zero attached hydrogens (tertiary/aromatic N) is 2. The van der Waals surface area contributed by atoms with Gasteiger partial charge in [-0.05, 0) is 18.9 Å². The van der Waals surface area contributed by atoms with Crippen LogP contribution in [0.1, 0.15) is 38.4 Å². The molecule has 1 N–H and O–H groups in total. The molecule has 1 aromatic rings. The SMILES string of the molecule is CCCn1ncc(CNCC(C)C)c1C(F)(F)F. The third kappa shape index (κ3) is 4.01. The molecule has 0 amide bonds. The average Bonchev–Trinajstić information content (AvgIpc) is 2.60. The van der Waals surface area contributed by atoms with Crippen molar-refractivity contribution in [2.75, 3.05) is 6.54 Å². The second kappa shape index (κ2) is 6.22. The predicted octanol–water partition coefficient (Wildman–Crippen LogP) is 3.06. The Kier molecular flexibility index (Phi) is 5.19. The van der Waals surface area contributed by atoms with Crippen molar-refractivity contribution in [3.05, 3.63) is 17.5 Å². The number of rotatable bonds is 6. The summed E-state index contributed by atoms with van der Waals surface area (Å²) in [5.41, 5.74) is -0.405. The van der Waals surface area contributed by atoms with Gasteiger partial charge in [0.05, 0.1) is 6.20 Å². The minimum Gasteiger partial charge on any atom is -0.312 e. The lowest BCUT2D eigenvalue weighted by Gasteiger charge is -2.13. The molecule has 3 nitrogen and oxygen atoms in total. The molecule has 0 radical (unpaired) electrons. The van der Waals surface area contributed by atoms with Gasteiger partial charge in [0.25, 0.3) is 0 Å². The Morgan fingerprint density at radius 3 is 2.56 bits per heavy atom. The van der Waals surface area contributed by atoms with E-state index in [1.807, 2.05) is 20.8 Å². The summed E-state index contributed by atoms with van der Waals surface area (Å²) in [5, 5.41) is 6.84. The second-order valence-corrected chi connectivity index (χ2v) is 4.76. The summed E-state index contributed by atoms with van der Waals surface area (Å²) in [5.74, 6) is 0.407. The largest absolute Gasteiger partial charge is 0.433 e. The number of halogens is 3. The Balaban J connectivity index is 2.84. The summed E-state index contributed by atoms with van der Waals surface area (Å²) in [7, 11) is 0. The van der Waals surface area contributed by atoms with Crippen LogP contribution in [0.5, 0.6) is 0 Å². The Labute approximate surface area is 105 Å². The number of hydrogen-bond donors (Lipinski definition) is 1. The number of hydrogen-bond acceptors (Lipinski definition) is 2. The van der Waals surface area contributed by atoms with Crippen LogP contribution >= 0.6 is 0 Å². The van der Waals surface area contributed by atoms with Gasteiger partial charge in [-0.1, -0.05) is 20.8 Å². The third-order valence-electron chi connectivity index (χ3n) is 2.49. The lowest BCUT2D eigenvalue weighted by atomic mass is 10.2. The lowest BCUT2D eigenvalue weighted by molar-refractivity contribution is -0.144. The summed E-state index contributed by atoms with van der Waals surface area (Å²) < 4.78 is 39.9. The van der Waals surface area contributed by atoms with Crippen molar-refractivity contribution >= 4 is 0 Å². The minimum absolute atomic E-state index is 0.205. The van der Waals surface area contributed by atoms with E-state index in [1.165, 1.54) is 6.20 Å². The molecule has 104 valence electrons. The first-order valence-corrected chi connectivity index (χ1v) is 6.18.